The van der Waals surface area contributed by atoms with Crippen molar-refractivity contribution in [2.45, 2.75) is 39.5 Å². The molecule has 1 aromatic heterocycles. The maximum Gasteiger partial charge on any atom is 0.256 e. The van der Waals surface area contributed by atoms with Gasteiger partial charge < -0.3 is 15.5 Å². The molecule has 1 fully saturated rings. The van der Waals surface area contributed by atoms with Crippen LogP contribution >= 0.6 is 0 Å². The van der Waals surface area contributed by atoms with Gasteiger partial charge in [0.2, 0.25) is 5.91 Å². The summed E-state index contributed by atoms with van der Waals surface area (Å²) < 4.78 is 1.61. The SMILES string of the molecule is CCC1C(=O)NC(n2nc(C)cc2NC(=O)c2ccc(N(C)C)cc2)NC1C. The molecule has 1 aliphatic heterocycles. The van der Waals surface area contributed by atoms with Gasteiger partial charge in [0, 0.05) is 37.5 Å². The van der Waals surface area contributed by atoms with E-state index in [0.29, 0.717) is 11.4 Å². The lowest BCUT2D eigenvalue weighted by molar-refractivity contribution is -0.130. The monoisotopic (exact) mass is 384 g/mol. The number of aryl methyl sites for hydroxylation is 1. The van der Waals surface area contributed by atoms with Crippen molar-refractivity contribution in [2.24, 2.45) is 5.92 Å². The van der Waals surface area contributed by atoms with Crippen molar-refractivity contribution in [3.05, 3.63) is 41.6 Å². The van der Waals surface area contributed by atoms with Gasteiger partial charge in [0.05, 0.1) is 11.6 Å². The quantitative estimate of drug-likeness (QED) is 0.734. The van der Waals surface area contributed by atoms with Crippen LogP contribution in [-0.2, 0) is 4.79 Å². The molecule has 0 spiro atoms. The van der Waals surface area contributed by atoms with Crippen molar-refractivity contribution < 1.29 is 9.59 Å². The van der Waals surface area contributed by atoms with Crippen LogP contribution in [0.4, 0.5) is 11.5 Å². The predicted octanol–water partition coefficient (Wildman–Crippen LogP) is 2.10. The first-order valence-electron chi connectivity index (χ1n) is 9.51. The van der Waals surface area contributed by atoms with E-state index in [1.54, 1.807) is 22.9 Å². The molecule has 0 aliphatic carbocycles. The first-order chi connectivity index (χ1) is 13.3. The first-order valence-corrected chi connectivity index (χ1v) is 9.51. The number of rotatable bonds is 5. The van der Waals surface area contributed by atoms with Crippen molar-refractivity contribution >= 4 is 23.3 Å². The Morgan fingerprint density at radius 1 is 1.29 bits per heavy atom. The minimum absolute atomic E-state index is 0.00962. The van der Waals surface area contributed by atoms with E-state index in [4.69, 9.17) is 0 Å². The van der Waals surface area contributed by atoms with E-state index >= 15 is 0 Å². The fourth-order valence-electron chi connectivity index (χ4n) is 3.45. The highest BCUT2D eigenvalue weighted by atomic mass is 16.2. The standard InChI is InChI=1S/C20H28N6O2/c1-6-16-13(3)21-20(23-19(16)28)26-17(11-12(2)24-26)22-18(27)14-7-9-15(10-8-14)25(4)5/h7-11,13,16,20-21H,6H2,1-5H3,(H,22,27)(H,23,28). The molecule has 1 aliphatic rings. The number of nitrogens with zero attached hydrogens (tertiary/aromatic N) is 3. The van der Waals surface area contributed by atoms with Gasteiger partial charge in [-0.25, -0.2) is 4.68 Å². The summed E-state index contributed by atoms with van der Waals surface area (Å²) in [4.78, 5) is 27.1. The van der Waals surface area contributed by atoms with Crippen molar-refractivity contribution in [3.8, 4) is 0 Å². The van der Waals surface area contributed by atoms with E-state index in [9.17, 15) is 9.59 Å². The molecule has 8 heteroatoms. The highest BCUT2D eigenvalue weighted by Crippen LogP contribution is 2.22. The van der Waals surface area contributed by atoms with Crippen LogP contribution in [0, 0.1) is 12.8 Å². The molecule has 2 aromatic rings. The summed E-state index contributed by atoms with van der Waals surface area (Å²) in [6.07, 6.45) is 0.252. The molecule has 150 valence electrons. The Kier molecular flexibility index (Phi) is 5.69. The Morgan fingerprint density at radius 2 is 1.96 bits per heavy atom. The highest BCUT2D eigenvalue weighted by molar-refractivity contribution is 6.04. The van der Waals surface area contributed by atoms with Crippen LogP contribution in [0.1, 0.15) is 42.6 Å². The van der Waals surface area contributed by atoms with Crippen molar-refractivity contribution in [1.82, 2.24) is 20.4 Å². The van der Waals surface area contributed by atoms with Gasteiger partial charge in [0.25, 0.3) is 5.91 Å². The summed E-state index contributed by atoms with van der Waals surface area (Å²) in [7, 11) is 3.90. The van der Waals surface area contributed by atoms with E-state index in [-0.39, 0.29) is 23.8 Å². The van der Waals surface area contributed by atoms with Crippen molar-refractivity contribution in [2.75, 3.05) is 24.3 Å². The van der Waals surface area contributed by atoms with Crippen LogP contribution in [0.2, 0.25) is 0 Å². The Balaban J connectivity index is 1.79. The summed E-state index contributed by atoms with van der Waals surface area (Å²) in [5.41, 5.74) is 2.32. The molecule has 1 saturated heterocycles. The Bertz CT molecular complexity index is 858. The molecular weight excluding hydrogens is 356 g/mol. The summed E-state index contributed by atoms with van der Waals surface area (Å²) in [5, 5.41) is 13.7. The number of carbonyl (C=O) groups excluding carboxylic acids is 2. The van der Waals surface area contributed by atoms with Crippen LogP contribution in [0.25, 0.3) is 0 Å². The molecule has 3 rings (SSSR count). The zero-order valence-corrected chi connectivity index (χ0v) is 17.0. The van der Waals surface area contributed by atoms with E-state index in [1.165, 1.54) is 0 Å². The van der Waals surface area contributed by atoms with Crippen molar-refractivity contribution in [3.63, 3.8) is 0 Å². The van der Waals surface area contributed by atoms with Crippen LogP contribution in [0.15, 0.2) is 30.3 Å². The van der Waals surface area contributed by atoms with E-state index in [2.05, 4.69) is 21.0 Å². The summed E-state index contributed by atoms with van der Waals surface area (Å²) in [6.45, 7) is 5.83. The summed E-state index contributed by atoms with van der Waals surface area (Å²) in [5.74, 6) is 0.205. The fraction of sp³-hybridized carbons (Fsp3) is 0.450. The lowest BCUT2D eigenvalue weighted by Crippen LogP contribution is -2.57. The van der Waals surface area contributed by atoms with Crippen LogP contribution in [0.5, 0.6) is 0 Å². The van der Waals surface area contributed by atoms with Gasteiger partial charge in [-0.2, -0.15) is 5.10 Å². The van der Waals surface area contributed by atoms with E-state index < -0.39 is 6.29 Å². The molecule has 0 saturated carbocycles. The predicted molar refractivity (Wildman–Crippen MR) is 109 cm³/mol. The number of hydrogen-bond donors (Lipinski definition) is 3. The minimum atomic E-state index is -0.509. The van der Waals surface area contributed by atoms with Gasteiger partial charge in [0.15, 0.2) is 6.29 Å². The molecule has 28 heavy (non-hydrogen) atoms. The van der Waals surface area contributed by atoms with Crippen LogP contribution in [-0.4, -0.2) is 41.7 Å². The van der Waals surface area contributed by atoms with Gasteiger partial charge in [-0.3, -0.25) is 14.9 Å². The number of carbonyl (C=O) groups is 2. The van der Waals surface area contributed by atoms with Crippen LogP contribution in [0.3, 0.4) is 0 Å². The molecule has 3 atom stereocenters. The molecular formula is C20H28N6O2. The number of aromatic nitrogens is 2. The Labute approximate surface area is 165 Å². The molecule has 3 N–H and O–H groups in total. The lowest BCUT2D eigenvalue weighted by Gasteiger charge is -2.35. The number of hydrogen-bond acceptors (Lipinski definition) is 5. The lowest BCUT2D eigenvalue weighted by atomic mass is 9.95. The molecule has 3 unspecified atom stereocenters. The van der Waals surface area contributed by atoms with Gasteiger partial charge in [0.1, 0.15) is 5.82 Å². The molecule has 8 nitrogen and oxygen atoms in total. The average Bonchev–Trinajstić information content (AvgIpc) is 3.01. The fourth-order valence-corrected chi connectivity index (χ4v) is 3.45. The molecule has 1 aromatic carbocycles. The first kappa shape index (κ1) is 19.9. The van der Waals surface area contributed by atoms with Gasteiger partial charge >= 0.3 is 0 Å². The maximum atomic E-state index is 12.7. The van der Waals surface area contributed by atoms with Crippen LogP contribution < -0.4 is 20.9 Å². The van der Waals surface area contributed by atoms with Gasteiger partial charge in [-0.1, -0.05) is 6.92 Å². The second-order valence-corrected chi connectivity index (χ2v) is 7.39. The summed E-state index contributed by atoms with van der Waals surface area (Å²) in [6, 6.07) is 9.16. The minimum Gasteiger partial charge on any atom is -0.378 e. The topological polar surface area (TPSA) is 91.3 Å². The number of benzene rings is 1. The third-order valence-corrected chi connectivity index (χ3v) is 5.07. The van der Waals surface area contributed by atoms with Gasteiger partial charge in [-0.05, 0) is 44.5 Å². The van der Waals surface area contributed by atoms with E-state index in [0.717, 1.165) is 17.8 Å². The smallest absolute Gasteiger partial charge is 0.256 e. The normalized spacial score (nSPS) is 21.9. The Morgan fingerprint density at radius 3 is 2.54 bits per heavy atom. The van der Waals surface area contributed by atoms with E-state index in [1.807, 2.05) is 51.9 Å². The van der Waals surface area contributed by atoms with Crippen molar-refractivity contribution in [1.29, 1.82) is 0 Å². The largest absolute Gasteiger partial charge is 0.378 e. The third kappa shape index (κ3) is 4.01. The zero-order chi connectivity index (χ0) is 20.4. The molecule has 2 heterocycles. The number of amides is 2. The maximum absolute atomic E-state index is 12.7. The second-order valence-electron chi connectivity index (χ2n) is 7.39. The third-order valence-electron chi connectivity index (χ3n) is 5.07. The second kappa shape index (κ2) is 8.02. The summed E-state index contributed by atoms with van der Waals surface area (Å²) >= 11 is 0. The number of anilines is 2. The highest BCUT2D eigenvalue weighted by Gasteiger charge is 2.34. The van der Waals surface area contributed by atoms with Gasteiger partial charge in [-0.15, -0.1) is 0 Å². The zero-order valence-electron chi connectivity index (χ0n) is 17.0. The Hall–Kier alpha value is -2.87. The molecule has 2 amide bonds. The molecule has 0 bridgehead atoms. The molecule has 0 radical (unpaired) electrons. The number of nitrogens with one attached hydrogen (secondary N) is 3. The average molecular weight is 384 g/mol.